The van der Waals surface area contributed by atoms with E-state index in [4.69, 9.17) is 16.3 Å². The Morgan fingerprint density at radius 3 is 2.36 bits per heavy atom. The number of methoxy groups -OCH3 is 1. The van der Waals surface area contributed by atoms with Gasteiger partial charge in [0.1, 0.15) is 6.54 Å². The first kappa shape index (κ1) is 24.3. The Morgan fingerprint density at radius 2 is 1.70 bits per heavy atom. The van der Waals surface area contributed by atoms with Crippen LogP contribution >= 0.6 is 11.6 Å². The smallest absolute Gasteiger partial charge is 0.337 e. The van der Waals surface area contributed by atoms with Crippen LogP contribution in [0.25, 0.3) is 0 Å². The van der Waals surface area contributed by atoms with Crippen molar-refractivity contribution >= 4 is 44.9 Å². The molecule has 3 aromatic rings. The van der Waals surface area contributed by atoms with Gasteiger partial charge in [-0.25, -0.2) is 13.2 Å². The molecule has 0 atom stereocenters. The summed E-state index contributed by atoms with van der Waals surface area (Å²) in [4.78, 5) is 24.9. The molecule has 0 spiro atoms. The molecule has 0 fully saturated rings. The van der Waals surface area contributed by atoms with E-state index in [-0.39, 0.29) is 10.5 Å². The Balaban J connectivity index is 1.99. The standard InChI is InChI=1S/C24H23ClN2O5S/c1-16-12-13-18(24(29)32-3)14-21(16)26-23(28)15-27(22-11-7-10-20(25)17(22)2)33(30,31)19-8-5-4-6-9-19/h4-14H,15H2,1-3H3,(H,26,28). The molecule has 3 aromatic carbocycles. The summed E-state index contributed by atoms with van der Waals surface area (Å²) in [6.07, 6.45) is 0. The van der Waals surface area contributed by atoms with Crippen LogP contribution < -0.4 is 9.62 Å². The number of ether oxygens (including phenoxy) is 1. The number of esters is 1. The molecular weight excluding hydrogens is 464 g/mol. The van der Waals surface area contributed by atoms with Crippen LogP contribution in [0.5, 0.6) is 0 Å². The summed E-state index contributed by atoms with van der Waals surface area (Å²) in [5, 5.41) is 3.08. The predicted octanol–water partition coefficient (Wildman–Crippen LogP) is 4.58. The van der Waals surface area contributed by atoms with Gasteiger partial charge >= 0.3 is 5.97 Å². The Hall–Kier alpha value is -3.36. The van der Waals surface area contributed by atoms with Crippen molar-refractivity contribution in [2.75, 3.05) is 23.3 Å². The molecular formula is C24H23ClN2O5S. The lowest BCUT2D eigenvalue weighted by molar-refractivity contribution is -0.114. The molecule has 0 bridgehead atoms. The van der Waals surface area contributed by atoms with Crippen LogP contribution in [0.4, 0.5) is 11.4 Å². The van der Waals surface area contributed by atoms with Crippen LogP contribution in [-0.2, 0) is 19.6 Å². The van der Waals surface area contributed by atoms with E-state index in [2.05, 4.69) is 5.32 Å². The van der Waals surface area contributed by atoms with E-state index >= 15 is 0 Å². The molecule has 0 aromatic heterocycles. The van der Waals surface area contributed by atoms with E-state index in [0.29, 0.717) is 27.5 Å². The first-order valence-electron chi connectivity index (χ1n) is 9.97. The number of hydrogen-bond donors (Lipinski definition) is 1. The third-order valence-electron chi connectivity index (χ3n) is 5.06. The number of halogens is 1. The Labute approximate surface area is 198 Å². The van der Waals surface area contributed by atoms with Gasteiger partial charge in [-0.2, -0.15) is 0 Å². The molecule has 3 rings (SSSR count). The first-order valence-corrected chi connectivity index (χ1v) is 11.8. The second kappa shape index (κ2) is 10.1. The molecule has 1 amide bonds. The number of nitrogens with one attached hydrogen (secondary N) is 1. The molecule has 33 heavy (non-hydrogen) atoms. The van der Waals surface area contributed by atoms with Gasteiger partial charge in [0.2, 0.25) is 5.91 Å². The molecule has 0 saturated carbocycles. The molecule has 7 nitrogen and oxygen atoms in total. The number of anilines is 2. The second-order valence-corrected chi connectivity index (χ2v) is 9.55. The predicted molar refractivity (Wildman–Crippen MR) is 128 cm³/mol. The zero-order valence-electron chi connectivity index (χ0n) is 18.3. The summed E-state index contributed by atoms with van der Waals surface area (Å²) in [5.41, 5.74) is 2.16. The van der Waals surface area contributed by atoms with Crippen LogP contribution in [0.3, 0.4) is 0 Å². The number of carbonyl (C=O) groups excluding carboxylic acids is 2. The molecule has 0 aliphatic heterocycles. The van der Waals surface area contributed by atoms with Crippen LogP contribution in [-0.4, -0.2) is 33.9 Å². The summed E-state index contributed by atoms with van der Waals surface area (Å²) in [6.45, 7) is 2.95. The van der Waals surface area contributed by atoms with Crippen LogP contribution in [0, 0.1) is 13.8 Å². The summed E-state index contributed by atoms with van der Waals surface area (Å²) in [5.74, 6) is -1.13. The number of nitrogens with zero attached hydrogens (tertiary/aromatic N) is 1. The number of aryl methyl sites for hydroxylation is 1. The first-order chi connectivity index (χ1) is 15.6. The number of sulfonamides is 1. The highest BCUT2D eigenvalue weighted by atomic mass is 35.5. The average Bonchev–Trinajstić information content (AvgIpc) is 2.81. The molecule has 1 N–H and O–H groups in total. The molecule has 0 heterocycles. The topological polar surface area (TPSA) is 92.8 Å². The minimum absolute atomic E-state index is 0.0426. The number of amides is 1. The molecule has 0 unspecified atom stereocenters. The number of hydrogen-bond acceptors (Lipinski definition) is 5. The monoisotopic (exact) mass is 486 g/mol. The van der Waals surface area contributed by atoms with Crippen molar-refractivity contribution in [3.63, 3.8) is 0 Å². The zero-order valence-corrected chi connectivity index (χ0v) is 19.9. The molecule has 9 heteroatoms. The van der Waals surface area contributed by atoms with Crippen molar-refractivity contribution < 1.29 is 22.7 Å². The van der Waals surface area contributed by atoms with Crippen LogP contribution in [0.15, 0.2) is 71.6 Å². The number of carbonyl (C=O) groups is 2. The van der Waals surface area contributed by atoms with Gasteiger partial charge in [-0.15, -0.1) is 0 Å². The van der Waals surface area contributed by atoms with E-state index in [1.807, 2.05) is 0 Å². The number of benzene rings is 3. The van der Waals surface area contributed by atoms with Crippen molar-refractivity contribution in [1.29, 1.82) is 0 Å². The maximum absolute atomic E-state index is 13.5. The van der Waals surface area contributed by atoms with Gasteiger partial charge in [0.05, 0.1) is 23.3 Å². The van der Waals surface area contributed by atoms with Crippen molar-refractivity contribution in [2.45, 2.75) is 18.7 Å². The van der Waals surface area contributed by atoms with Crippen molar-refractivity contribution in [3.8, 4) is 0 Å². The van der Waals surface area contributed by atoms with Gasteiger partial charge < -0.3 is 10.1 Å². The summed E-state index contributed by atoms with van der Waals surface area (Å²) in [6, 6.07) is 17.5. The van der Waals surface area contributed by atoms with Gasteiger partial charge in [0.15, 0.2) is 0 Å². The number of rotatable bonds is 7. The largest absolute Gasteiger partial charge is 0.465 e. The fraction of sp³-hybridized carbons (Fsp3) is 0.167. The Bertz CT molecular complexity index is 1290. The Morgan fingerprint density at radius 1 is 1.00 bits per heavy atom. The van der Waals surface area contributed by atoms with E-state index < -0.39 is 28.4 Å². The molecule has 0 saturated heterocycles. The zero-order chi connectivity index (χ0) is 24.2. The molecule has 172 valence electrons. The fourth-order valence-electron chi connectivity index (χ4n) is 3.21. The van der Waals surface area contributed by atoms with E-state index in [1.165, 1.54) is 25.3 Å². The normalized spacial score (nSPS) is 11.0. The van der Waals surface area contributed by atoms with Crippen molar-refractivity contribution in [1.82, 2.24) is 0 Å². The van der Waals surface area contributed by atoms with Crippen LogP contribution in [0.2, 0.25) is 5.02 Å². The highest BCUT2D eigenvalue weighted by Gasteiger charge is 2.29. The maximum Gasteiger partial charge on any atom is 0.337 e. The lowest BCUT2D eigenvalue weighted by Crippen LogP contribution is -2.38. The second-order valence-electron chi connectivity index (χ2n) is 7.28. The Kier molecular flexibility index (Phi) is 7.40. The van der Waals surface area contributed by atoms with E-state index in [1.54, 1.807) is 62.4 Å². The summed E-state index contributed by atoms with van der Waals surface area (Å²) >= 11 is 6.24. The maximum atomic E-state index is 13.5. The lowest BCUT2D eigenvalue weighted by Gasteiger charge is -2.26. The third kappa shape index (κ3) is 5.35. The fourth-order valence-corrected chi connectivity index (χ4v) is 4.88. The molecule has 0 radical (unpaired) electrons. The van der Waals surface area contributed by atoms with Gasteiger partial charge in [0.25, 0.3) is 10.0 Å². The quantitative estimate of drug-likeness (QED) is 0.493. The van der Waals surface area contributed by atoms with Crippen molar-refractivity contribution in [2.24, 2.45) is 0 Å². The average molecular weight is 487 g/mol. The van der Waals surface area contributed by atoms with E-state index in [9.17, 15) is 18.0 Å². The van der Waals surface area contributed by atoms with E-state index in [0.717, 1.165) is 4.31 Å². The van der Waals surface area contributed by atoms with Gasteiger partial charge in [0, 0.05) is 10.7 Å². The minimum Gasteiger partial charge on any atom is -0.465 e. The lowest BCUT2D eigenvalue weighted by atomic mass is 10.1. The van der Waals surface area contributed by atoms with Crippen molar-refractivity contribution in [3.05, 3.63) is 88.4 Å². The minimum atomic E-state index is -4.08. The molecule has 0 aliphatic carbocycles. The summed E-state index contributed by atoms with van der Waals surface area (Å²) in [7, 11) is -2.81. The van der Waals surface area contributed by atoms with Gasteiger partial charge in [-0.1, -0.05) is 41.9 Å². The van der Waals surface area contributed by atoms with Gasteiger partial charge in [-0.3, -0.25) is 9.10 Å². The third-order valence-corrected chi connectivity index (χ3v) is 7.24. The van der Waals surface area contributed by atoms with Crippen LogP contribution in [0.1, 0.15) is 21.5 Å². The molecule has 0 aliphatic rings. The SMILES string of the molecule is COC(=O)c1ccc(C)c(NC(=O)CN(c2cccc(Cl)c2C)S(=O)(=O)c2ccccc2)c1. The van der Waals surface area contributed by atoms with Gasteiger partial charge in [-0.05, 0) is 61.4 Å². The highest BCUT2D eigenvalue weighted by molar-refractivity contribution is 7.92. The highest BCUT2D eigenvalue weighted by Crippen LogP contribution is 2.31. The summed E-state index contributed by atoms with van der Waals surface area (Å²) < 4.78 is 32.7.